The Kier molecular flexibility index (Phi) is 4.95. The standard InChI is InChI=1S/C21H15ClFN3O2/c22-18-6-2-1-5-17(18)19-12-20(21(27)24-13-16-4-3-11-28-16)26(25-19)15-9-7-14(23)8-10-15/h1-12H,13H2,(H,24,27). The predicted molar refractivity (Wildman–Crippen MR) is 104 cm³/mol. The molecule has 0 aliphatic heterocycles. The fourth-order valence-corrected chi connectivity index (χ4v) is 3.03. The van der Waals surface area contributed by atoms with Gasteiger partial charge in [-0.3, -0.25) is 4.79 Å². The molecular weight excluding hydrogens is 381 g/mol. The van der Waals surface area contributed by atoms with Gasteiger partial charge in [0.05, 0.1) is 29.2 Å². The first-order valence-corrected chi connectivity index (χ1v) is 8.91. The van der Waals surface area contributed by atoms with E-state index in [1.54, 1.807) is 42.7 Å². The van der Waals surface area contributed by atoms with Crippen molar-refractivity contribution in [3.8, 4) is 16.9 Å². The fraction of sp³-hybridized carbons (Fsp3) is 0.0476. The van der Waals surface area contributed by atoms with E-state index in [1.165, 1.54) is 16.8 Å². The summed E-state index contributed by atoms with van der Waals surface area (Å²) in [6, 6.07) is 18.2. The SMILES string of the molecule is O=C(NCc1ccco1)c1cc(-c2ccccc2Cl)nn1-c1ccc(F)cc1. The molecule has 0 aliphatic rings. The van der Waals surface area contributed by atoms with Crippen LogP contribution in [0.5, 0.6) is 0 Å². The van der Waals surface area contributed by atoms with Crippen molar-refractivity contribution >= 4 is 17.5 Å². The first kappa shape index (κ1) is 18.0. The van der Waals surface area contributed by atoms with Gasteiger partial charge in [0.1, 0.15) is 17.3 Å². The van der Waals surface area contributed by atoms with Gasteiger partial charge in [0.2, 0.25) is 0 Å². The summed E-state index contributed by atoms with van der Waals surface area (Å²) < 4.78 is 20.0. The number of carbonyl (C=O) groups is 1. The smallest absolute Gasteiger partial charge is 0.270 e. The Hall–Kier alpha value is -3.38. The fourth-order valence-electron chi connectivity index (χ4n) is 2.79. The molecule has 7 heteroatoms. The number of hydrogen-bond donors (Lipinski definition) is 1. The highest BCUT2D eigenvalue weighted by molar-refractivity contribution is 6.33. The highest BCUT2D eigenvalue weighted by Gasteiger charge is 2.19. The molecule has 2 aromatic carbocycles. The molecule has 0 atom stereocenters. The molecule has 1 N–H and O–H groups in total. The second-order valence-corrected chi connectivity index (χ2v) is 6.45. The third-order valence-electron chi connectivity index (χ3n) is 4.17. The predicted octanol–water partition coefficient (Wildman–Crippen LogP) is 4.85. The summed E-state index contributed by atoms with van der Waals surface area (Å²) in [5, 5.41) is 7.86. The van der Waals surface area contributed by atoms with Crippen LogP contribution in [-0.2, 0) is 6.54 Å². The van der Waals surface area contributed by atoms with Crippen molar-refractivity contribution in [1.29, 1.82) is 0 Å². The Morgan fingerprint density at radius 3 is 2.61 bits per heavy atom. The average Bonchev–Trinajstić information content (AvgIpc) is 3.37. The number of amides is 1. The molecule has 0 radical (unpaired) electrons. The molecule has 0 aliphatic carbocycles. The zero-order valence-corrected chi connectivity index (χ0v) is 15.4. The Balaban J connectivity index is 1.73. The lowest BCUT2D eigenvalue weighted by atomic mass is 10.1. The molecule has 0 spiro atoms. The Labute approximate surface area is 165 Å². The zero-order valence-electron chi connectivity index (χ0n) is 14.6. The number of aromatic nitrogens is 2. The average molecular weight is 396 g/mol. The van der Waals surface area contributed by atoms with Gasteiger partial charge in [0.15, 0.2) is 0 Å². The van der Waals surface area contributed by atoms with Crippen molar-refractivity contribution in [2.75, 3.05) is 0 Å². The van der Waals surface area contributed by atoms with Gasteiger partial charge in [-0.25, -0.2) is 9.07 Å². The van der Waals surface area contributed by atoms with Gasteiger partial charge in [-0.1, -0.05) is 29.8 Å². The lowest BCUT2D eigenvalue weighted by Crippen LogP contribution is -2.25. The third kappa shape index (κ3) is 3.68. The van der Waals surface area contributed by atoms with Gasteiger partial charge in [-0.15, -0.1) is 0 Å². The van der Waals surface area contributed by atoms with Crippen LogP contribution in [0.15, 0.2) is 77.4 Å². The number of nitrogens with one attached hydrogen (secondary N) is 1. The Morgan fingerprint density at radius 1 is 1.11 bits per heavy atom. The minimum absolute atomic E-state index is 0.238. The summed E-state index contributed by atoms with van der Waals surface area (Å²) in [4.78, 5) is 12.8. The van der Waals surface area contributed by atoms with Gasteiger partial charge in [-0.05, 0) is 48.5 Å². The number of halogens is 2. The second-order valence-electron chi connectivity index (χ2n) is 6.04. The van der Waals surface area contributed by atoms with Crippen molar-refractivity contribution in [2.24, 2.45) is 0 Å². The number of rotatable bonds is 5. The van der Waals surface area contributed by atoms with Crippen LogP contribution in [-0.4, -0.2) is 15.7 Å². The summed E-state index contributed by atoms with van der Waals surface area (Å²) in [5.74, 6) is -0.0786. The quantitative estimate of drug-likeness (QED) is 0.525. The molecule has 0 fully saturated rings. The highest BCUT2D eigenvalue weighted by atomic mass is 35.5. The molecule has 2 heterocycles. The monoisotopic (exact) mass is 395 g/mol. The van der Waals surface area contributed by atoms with Crippen LogP contribution in [0, 0.1) is 5.82 Å². The van der Waals surface area contributed by atoms with Gasteiger partial charge in [-0.2, -0.15) is 5.10 Å². The van der Waals surface area contributed by atoms with E-state index in [4.69, 9.17) is 16.0 Å². The number of hydrogen-bond acceptors (Lipinski definition) is 3. The van der Waals surface area contributed by atoms with E-state index in [2.05, 4.69) is 10.4 Å². The lowest BCUT2D eigenvalue weighted by Gasteiger charge is -2.07. The molecule has 4 rings (SSSR count). The summed E-state index contributed by atoms with van der Waals surface area (Å²) in [7, 11) is 0. The molecule has 0 saturated carbocycles. The van der Waals surface area contributed by atoms with Gasteiger partial charge >= 0.3 is 0 Å². The normalized spacial score (nSPS) is 10.8. The topological polar surface area (TPSA) is 60.1 Å². The number of furan rings is 1. The molecule has 0 bridgehead atoms. The van der Waals surface area contributed by atoms with E-state index in [1.807, 2.05) is 18.2 Å². The minimum atomic E-state index is -0.369. The molecule has 2 aromatic heterocycles. The van der Waals surface area contributed by atoms with Crippen molar-refractivity contribution in [3.05, 3.63) is 95.3 Å². The summed E-state index contributed by atoms with van der Waals surface area (Å²) in [6.45, 7) is 0.238. The van der Waals surface area contributed by atoms with Crippen LogP contribution >= 0.6 is 11.6 Å². The molecule has 4 aromatic rings. The molecule has 0 saturated heterocycles. The number of carbonyl (C=O) groups excluding carboxylic acids is 1. The van der Waals surface area contributed by atoms with Crippen LogP contribution in [0.1, 0.15) is 16.2 Å². The van der Waals surface area contributed by atoms with E-state index >= 15 is 0 Å². The number of benzene rings is 2. The van der Waals surface area contributed by atoms with Crippen LogP contribution < -0.4 is 5.32 Å². The maximum atomic E-state index is 13.3. The van der Waals surface area contributed by atoms with E-state index in [-0.39, 0.29) is 18.3 Å². The molecular formula is C21H15ClFN3O2. The van der Waals surface area contributed by atoms with Crippen LogP contribution in [0.2, 0.25) is 5.02 Å². The second kappa shape index (κ2) is 7.70. The highest BCUT2D eigenvalue weighted by Crippen LogP contribution is 2.28. The van der Waals surface area contributed by atoms with Gasteiger partial charge in [0.25, 0.3) is 5.91 Å². The zero-order chi connectivity index (χ0) is 19.5. The molecule has 0 unspecified atom stereocenters. The van der Waals surface area contributed by atoms with Crippen molar-refractivity contribution in [2.45, 2.75) is 6.54 Å². The van der Waals surface area contributed by atoms with Gasteiger partial charge in [0, 0.05) is 5.56 Å². The summed E-state index contributed by atoms with van der Waals surface area (Å²) >= 11 is 6.28. The van der Waals surface area contributed by atoms with Crippen LogP contribution in [0.4, 0.5) is 4.39 Å². The van der Waals surface area contributed by atoms with Crippen molar-refractivity contribution < 1.29 is 13.6 Å². The number of nitrogens with zero attached hydrogens (tertiary/aromatic N) is 2. The van der Waals surface area contributed by atoms with E-state index in [0.29, 0.717) is 33.4 Å². The lowest BCUT2D eigenvalue weighted by molar-refractivity contribution is 0.0940. The van der Waals surface area contributed by atoms with Crippen molar-refractivity contribution in [1.82, 2.24) is 15.1 Å². The maximum Gasteiger partial charge on any atom is 0.270 e. The maximum absolute atomic E-state index is 13.3. The first-order chi connectivity index (χ1) is 13.6. The first-order valence-electron chi connectivity index (χ1n) is 8.53. The van der Waals surface area contributed by atoms with E-state index in [9.17, 15) is 9.18 Å². The van der Waals surface area contributed by atoms with Crippen molar-refractivity contribution in [3.63, 3.8) is 0 Å². The molecule has 140 valence electrons. The minimum Gasteiger partial charge on any atom is -0.467 e. The molecule has 28 heavy (non-hydrogen) atoms. The van der Waals surface area contributed by atoms with E-state index < -0.39 is 0 Å². The van der Waals surface area contributed by atoms with Gasteiger partial charge < -0.3 is 9.73 Å². The van der Waals surface area contributed by atoms with Crippen LogP contribution in [0.25, 0.3) is 16.9 Å². The largest absolute Gasteiger partial charge is 0.467 e. The summed E-state index contributed by atoms with van der Waals surface area (Å²) in [6.07, 6.45) is 1.54. The molecule has 5 nitrogen and oxygen atoms in total. The Morgan fingerprint density at radius 2 is 1.89 bits per heavy atom. The van der Waals surface area contributed by atoms with Crippen LogP contribution in [0.3, 0.4) is 0 Å². The summed E-state index contributed by atoms with van der Waals surface area (Å²) in [5.41, 5.74) is 2.10. The van der Waals surface area contributed by atoms with E-state index in [0.717, 1.165) is 0 Å². The Bertz CT molecular complexity index is 1110. The molecule has 1 amide bonds. The third-order valence-corrected chi connectivity index (χ3v) is 4.50.